The Kier molecular flexibility index (Phi) is 3.45. The van der Waals surface area contributed by atoms with Gasteiger partial charge < -0.3 is 4.42 Å². The van der Waals surface area contributed by atoms with Gasteiger partial charge in [-0.2, -0.15) is 0 Å². The van der Waals surface area contributed by atoms with Crippen LogP contribution in [0.4, 0.5) is 5.13 Å². The molecule has 1 aliphatic heterocycles. The summed E-state index contributed by atoms with van der Waals surface area (Å²) in [6, 6.07) is 10.1. The molecule has 0 N–H and O–H groups in total. The Labute approximate surface area is 157 Å². The lowest BCUT2D eigenvalue weighted by atomic mass is 10.0. The van der Waals surface area contributed by atoms with Gasteiger partial charge in [0.15, 0.2) is 10.6 Å². The second-order valence-electron chi connectivity index (χ2n) is 6.32. The predicted octanol–water partition coefficient (Wildman–Crippen LogP) is 3.70. The number of pyridine rings is 1. The van der Waals surface area contributed by atoms with E-state index in [1.807, 2.05) is 19.1 Å². The number of nitrogens with zero attached hydrogens (tertiary/aromatic N) is 3. The fourth-order valence-electron chi connectivity index (χ4n) is 3.44. The van der Waals surface area contributed by atoms with E-state index in [0.29, 0.717) is 27.4 Å². The molecule has 4 heterocycles. The van der Waals surface area contributed by atoms with Gasteiger partial charge in [-0.15, -0.1) is 11.3 Å². The van der Waals surface area contributed by atoms with Crippen LogP contribution in [0.5, 0.6) is 0 Å². The highest BCUT2D eigenvalue weighted by Crippen LogP contribution is 2.41. The molecule has 1 aromatic carbocycles. The van der Waals surface area contributed by atoms with Crippen molar-refractivity contribution in [3.05, 3.63) is 87.0 Å². The monoisotopic (exact) mass is 375 g/mol. The van der Waals surface area contributed by atoms with Crippen molar-refractivity contribution in [2.75, 3.05) is 4.90 Å². The van der Waals surface area contributed by atoms with Gasteiger partial charge in [0, 0.05) is 17.8 Å². The molecule has 0 bridgehead atoms. The summed E-state index contributed by atoms with van der Waals surface area (Å²) in [5.41, 5.74) is 2.05. The smallest absolute Gasteiger partial charge is 0.297 e. The molecule has 5 rings (SSSR count). The maximum atomic E-state index is 13.3. The molecule has 0 spiro atoms. The number of thiazole rings is 1. The molecule has 0 saturated heterocycles. The number of amides is 1. The molecule has 4 aromatic rings. The Balaban J connectivity index is 1.85. The Bertz CT molecular complexity index is 1230. The summed E-state index contributed by atoms with van der Waals surface area (Å²) < 4.78 is 5.89. The lowest BCUT2D eigenvalue weighted by Crippen LogP contribution is -2.29. The summed E-state index contributed by atoms with van der Waals surface area (Å²) in [4.78, 5) is 36.7. The highest BCUT2D eigenvalue weighted by molar-refractivity contribution is 7.13. The number of aromatic nitrogens is 2. The van der Waals surface area contributed by atoms with Gasteiger partial charge >= 0.3 is 0 Å². The maximum Gasteiger partial charge on any atom is 0.297 e. The molecule has 1 aliphatic rings. The van der Waals surface area contributed by atoms with E-state index in [1.165, 1.54) is 16.2 Å². The molecule has 1 atom stereocenters. The standard InChI is InChI=1S/C20H13N3O3S/c1-11-5-6-14-12(10-11)17(24)15-16(13-4-2-3-7-21-13)23(19(25)18(15)26-14)20-22-8-9-27-20/h2-10,16H,1H3. The van der Waals surface area contributed by atoms with Crippen molar-refractivity contribution in [3.8, 4) is 0 Å². The van der Waals surface area contributed by atoms with Crippen molar-refractivity contribution in [2.24, 2.45) is 0 Å². The van der Waals surface area contributed by atoms with Gasteiger partial charge in [0.25, 0.3) is 5.91 Å². The van der Waals surface area contributed by atoms with Crippen LogP contribution in [0.25, 0.3) is 11.0 Å². The highest BCUT2D eigenvalue weighted by atomic mass is 32.1. The Morgan fingerprint density at radius 3 is 2.74 bits per heavy atom. The van der Waals surface area contributed by atoms with Crippen molar-refractivity contribution >= 4 is 33.3 Å². The van der Waals surface area contributed by atoms with Gasteiger partial charge in [-0.3, -0.25) is 19.5 Å². The third-order valence-electron chi connectivity index (χ3n) is 4.62. The maximum absolute atomic E-state index is 13.3. The van der Waals surface area contributed by atoms with Crippen LogP contribution in [0.1, 0.15) is 33.4 Å². The quantitative estimate of drug-likeness (QED) is 0.534. The van der Waals surface area contributed by atoms with Crippen LogP contribution in [0.2, 0.25) is 0 Å². The number of carbonyl (C=O) groups excluding carboxylic acids is 1. The Morgan fingerprint density at radius 2 is 2.00 bits per heavy atom. The normalized spacial score (nSPS) is 16.1. The predicted molar refractivity (Wildman–Crippen MR) is 102 cm³/mol. The van der Waals surface area contributed by atoms with Crippen LogP contribution < -0.4 is 10.3 Å². The van der Waals surface area contributed by atoms with Gasteiger partial charge in [0.2, 0.25) is 5.76 Å². The molecule has 7 heteroatoms. The topological polar surface area (TPSA) is 76.3 Å². The summed E-state index contributed by atoms with van der Waals surface area (Å²) >= 11 is 1.33. The van der Waals surface area contributed by atoms with Crippen LogP contribution >= 0.6 is 11.3 Å². The van der Waals surface area contributed by atoms with Gasteiger partial charge in [-0.1, -0.05) is 17.7 Å². The first-order valence-electron chi connectivity index (χ1n) is 8.36. The van der Waals surface area contributed by atoms with E-state index in [1.54, 1.807) is 42.0 Å². The third kappa shape index (κ3) is 2.32. The van der Waals surface area contributed by atoms with Gasteiger partial charge in [0.1, 0.15) is 11.6 Å². The zero-order chi connectivity index (χ0) is 18.5. The molecule has 132 valence electrons. The van der Waals surface area contributed by atoms with E-state index in [0.717, 1.165) is 5.56 Å². The molecule has 0 saturated carbocycles. The molecule has 1 unspecified atom stereocenters. The first-order valence-corrected chi connectivity index (χ1v) is 9.24. The fraction of sp³-hybridized carbons (Fsp3) is 0.100. The van der Waals surface area contributed by atoms with Crippen LogP contribution in [0.3, 0.4) is 0 Å². The van der Waals surface area contributed by atoms with E-state index in [-0.39, 0.29) is 17.1 Å². The second-order valence-corrected chi connectivity index (χ2v) is 7.19. The highest BCUT2D eigenvalue weighted by Gasteiger charge is 2.45. The van der Waals surface area contributed by atoms with Gasteiger partial charge in [-0.25, -0.2) is 4.98 Å². The minimum Gasteiger partial charge on any atom is -0.450 e. The summed E-state index contributed by atoms with van der Waals surface area (Å²) in [5, 5.41) is 2.75. The zero-order valence-electron chi connectivity index (χ0n) is 14.2. The number of benzene rings is 1. The lowest BCUT2D eigenvalue weighted by molar-refractivity contribution is 0.0970. The number of anilines is 1. The van der Waals surface area contributed by atoms with Crippen LogP contribution in [0.15, 0.2) is 63.4 Å². The first kappa shape index (κ1) is 15.9. The molecule has 3 aromatic heterocycles. The summed E-state index contributed by atoms with van der Waals surface area (Å²) in [7, 11) is 0. The fourth-order valence-corrected chi connectivity index (χ4v) is 4.10. The van der Waals surface area contributed by atoms with Crippen molar-refractivity contribution in [2.45, 2.75) is 13.0 Å². The third-order valence-corrected chi connectivity index (χ3v) is 5.39. The van der Waals surface area contributed by atoms with Gasteiger partial charge in [0.05, 0.1) is 16.6 Å². The largest absolute Gasteiger partial charge is 0.450 e. The first-order chi connectivity index (χ1) is 13.1. The SMILES string of the molecule is Cc1ccc2oc3c(c(=O)c2c1)C(c1ccccn1)N(c1nccs1)C3=O. The number of rotatable bonds is 2. The molecular weight excluding hydrogens is 362 g/mol. The summed E-state index contributed by atoms with van der Waals surface area (Å²) in [6.07, 6.45) is 3.27. The van der Waals surface area contributed by atoms with E-state index < -0.39 is 6.04 Å². The molecule has 0 aliphatic carbocycles. The molecular formula is C20H13N3O3S. The number of hydrogen-bond donors (Lipinski definition) is 0. The average molecular weight is 375 g/mol. The Hall–Kier alpha value is -3.32. The Morgan fingerprint density at radius 1 is 1.11 bits per heavy atom. The molecule has 27 heavy (non-hydrogen) atoms. The molecule has 1 amide bonds. The number of hydrogen-bond acceptors (Lipinski definition) is 6. The number of fused-ring (bicyclic) bond motifs is 2. The van der Waals surface area contributed by atoms with Crippen molar-refractivity contribution in [1.29, 1.82) is 0 Å². The summed E-state index contributed by atoms with van der Waals surface area (Å²) in [5.74, 6) is -0.322. The number of carbonyl (C=O) groups is 1. The van der Waals surface area contributed by atoms with Crippen LogP contribution in [-0.2, 0) is 0 Å². The zero-order valence-corrected chi connectivity index (χ0v) is 15.1. The average Bonchev–Trinajstić information content (AvgIpc) is 3.30. The second kappa shape index (κ2) is 5.85. The molecule has 0 fully saturated rings. The van der Waals surface area contributed by atoms with Crippen molar-refractivity contribution in [1.82, 2.24) is 9.97 Å². The summed E-state index contributed by atoms with van der Waals surface area (Å²) in [6.45, 7) is 1.91. The van der Waals surface area contributed by atoms with Crippen molar-refractivity contribution < 1.29 is 9.21 Å². The van der Waals surface area contributed by atoms with Crippen LogP contribution in [-0.4, -0.2) is 15.9 Å². The van der Waals surface area contributed by atoms with E-state index in [4.69, 9.17) is 4.42 Å². The van der Waals surface area contributed by atoms with E-state index >= 15 is 0 Å². The minimum atomic E-state index is -0.666. The molecule has 6 nitrogen and oxygen atoms in total. The van der Waals surface area contributed by atoms with Crippen LogP contribution in [0, 0.1) is 6.92 Å². The number of aryl methyl sites for hydroxylation is 1. The van der Waals surface area contributed by atoms with E-state index in [2.05, 4.69) is 9.97 Å². The molecule has 0 radical (unpaired) electrons. The minimum absolute atomic E-state index is 0.0576. The van der Waals surface area contributed by atoms with Gasteiger partial charge in [-0.05, 0) is 31.2 Å². The van der Waals surface area contributed by atoms with Crippen molar-refractivity contribution in [3.63, 3.8) is 0 Å². The van der Waals surface area contributed by atoms with E-state index in [9.17, 15) is 9.59 Å². The lowest BCUT2D eigenvalue weighted by Gasteiger charge is -2.21.